The lowest BCUT2D eigenvalue weighted by molar-refractivity contribution is -0.386. The highest BCUT2D eigenvalue weighted by atomic mass is 79.9. The number of nitrogens with two attached hydrogens (primary N) is 1. The molecule has 0 saturated carbocycles. The summed E-state index contributed by atoms with van der Waals surface area (Å²) in [5.74, 6) is -0.604. The molecule has 0 amide bonds. The van der Waals surface area contributed by atoms with Crippen LogP contribution in [0.1, 0.15) is 13.8 Å². The summed E-state index contributed by atoms with van der Waals surface area (Å²) < 4.78 is 10.6. The lowest BCUT2D eigenvalue weighted by Gasteiger charge is -2.22. The van der Waals surface area contributed by atoms with E-state index in [2.05, 4.69) is 15.9 Å². The molecule has 1 aromatic rings. The summed E-state index contributed by atoms with van der Waals surface area (Å²) in [4.78, 5) is 22.0. The number of benzene rings is 1. The summed E-state index contributed by atoms with van der Waals surface area (Å²) in [5, 5.41) is 10.9. The van der Waals surface area contributed by atoms with Crippen molar-refractivity contribution in [3.63, 3.8) is 0 Å². The summed E-state index contributed by atoms with van der Waals surface area (Å²) >= 11 is 3.16. The molecule has 0 aliphatic heterocycles. The number of halogens is 1. The maximum Gasteiger partial charge on any atom is 0.329 e. The molecule has 1 rings (SSSR count). The molecule has 110 valence electrons. The first kappa shape index (κ1) is 16.4. The van der Waals surface area contributed by atoms with Gasteiger partial charge in [0, 0.05) is 6.07 Å². The van der Waals surface area contributed by atoms with Crippen molar-refractivity contribution in [1.82, 2.24) is 0 Å². The zero-order valence-corrected chi connectivity index (χ0v) is 12.7. The van der Waals surface area contributed by atoms with E-state index in [0.717, 1.165) is 0 Å². The smallest absolute Gasteiger partial charge is 0.329 e. The Kier molecular flexibility index (Phi) is 5.46. The highest BCUT2D eigenvalue weighted by Crippen LogP contribution is 2.35. The van der Waals surface area contributed by atoms with Gasteiger partial charge in [0.25, 0.3) is 0 Å². The van der Waals surface area contributed by atoms with Crippen LogP contribution < -0.4 is 10.5 Å². The van der Waals surface area contributed by atoms with Crippen molar-refractivity contribution in [2.75, 3.05) is 13.2 Å². The third-order valence-corrected chi connectivity index (χ3v) is 3.03. The van der Waals surface area contributed by atoms with Crippen LogP contribution in [0, 0.1) is 10.1 Å². The Hall–Kier alpha value is -1.67. The summed E-state index contributed by atoms with van der Waals surface area (Å²) in [6, 6.07) is 4.42. The normalized spacial score (nSPS) is 13.4. The van der Waals surface area contributed by atoms with Crippen LogP contribution in [0.5, 0.6) is 5.75 Å². The Labute approximate surface area is 124 Å². The molecular weight excluding hydrogens is 332 g/mol. The monoisotopic (exact) mass is 346 g/mol. The van der Waals surface area contributed by atoms with Crippen molar-refractivity contribution in [2.24, 2.45) is 5.73 Å². The number of nitro benzene ring substituents is 1. The third-order valence-electron chi connectivity index (χ3n) is 2.40. The third kappa shape index (κ3) is 3.91. The van der Waals surface area contributed by atoms with Gasteiger partial charge in [-0.2, -0.15) is 0 Å². The molecule has 1 aromatic carbocycles. The maximum absolute atomic E-state index is 11.6. The van der Waals surface area contributed by atoms with Gasteiger partial charge in [0.2, 0.25) is 5.75 Å². The average Bonchev–Trinajstić information content (AvgIpc) is 2.37. The van der Waals surface area contributed by atoms with Crippen molar-refractivity contribution in [3.05, 3.63) is 32.8 Å². The van der Waals surface area contributed by atoms with Crippen LogP contribution in [0.3, 0.4) is 0 Å². The molecule has 0 spiro atoms. The number of para-hydroxylation sites is 1. The molecule has 2 N–H and O–H groups in total. The summed E-state index contributed by atoms with van der Waals surface area (Å²) in [7, 11) is 0. The van der Waals surface area contributed by atoms with Crippen molar-refractivity contribution in [1.29, 1.82) is 0 Å². The predicted molar refractivity (Wildman–Crippen MR) is 75.5 cm³/mol. The number of nitrogens with zero attached hydrogens (tertiary/aromatic N) is 1. The van der Waals surface area contributed by atoms with E-state index in [4.69, 9.17) is 15.2 Å². The number of hydrogen-bond acceptors (Lipinski definition) is 6. The second-order valence-corrected chi connectivity index (χ2v) is 5.13. The van der Waals surface area contributed by atoms with E-state index in [1.165, 1.54) is 19.1 Å². The van der Waals surface area contributed by atoms with Crippen molar-refractivity contribution < 1.29 is 19.2 Å². The maximum atomic E-state index is 11.6. The quantitative estimate of drug-likeness (QED) is 0.480. The van der Waals surface area contributed by atoms with Gasteiger partial charge >= 0.3 is 11.7 Å². The lowest BCUT2D eigenvalue weighted by atomic mass is 10.1. The Morgan fingerprint density at radius 1 is 1.55 bits per heavy atom. The van der Waals surface area contributed by atoms with Gasteiger partial charge in [0.05, 0.1) is 16.0 Å². The fraction of sp³-hybridized carbons (Fsp3) is 0.417. The Bertz CT molecular complexity index is 519. The number of nitro groups is 1. The molecule has 7 nitrogen and oxygen atoms in total. The summed E-state index contributed by atoms with van der Waals surface area (Å²) in [6.45, 7) is 3.05. The van der Waals surface area contributed by atoms with Crippen LogP contribution in [-0.4, -0.2) is 29.6 Å². The number of esters is 1. The zero-order valence-electron chi connectivity index (χ0n) is 11.1. The SMILES string of the molecule is CCOC(=O)C(C)(N)COc1c(Br)cccc1[N+](=O)[O-]. The van der Waals surface area contributed by atoms with E-state index < -0.39 is 16.4 Å². The van der Waals surface area contributed by atoms with Crippen molar-refractivity contribution in [3.8, 4) is 5.75 Å². The first-order valence-corrected chi connectivity index (χ1v) is 6.60. The van der Waals surface area contributed by atoms with Gasteiger partial charge in [-0.25, -0.2) is 4.79 Å². The van der Waals surface area contributed by atoms with E-state index in [0.29, 0.717) is 4.47 Å². The average molecular weight is 347 g/mol. The van der Waals surface area contributed by atoms with Gasteiger partial charge in [0.1, 0.15) is 12.1 Å². The number of carbonyl (C=O) groups excluding carboxylic acids is 1. The van der Waals surface area contributed by atoms with Gasteiger partial charge in [-0.1, -0.05) is 6.07 Å². The minimum atomic E-state index is -1.39. The summed E-state index contributed by atoms with van der Waals surface area (Å²) in [5.41, 5.74) is 4.19. The van der Waals surface area contributed by atoms with Crippen molar-refractivity contribution in [2.45, 2.75) is 19.4 Å². The highest BCUT2D eigenvalue weighted by molar-refractivity contribution is 9.10. The molecule has 0 aliphatic carbocycles. The summed E-state index contributed by atoms with van der Waals surface area (Å²) in [6.07, 6.45) is 0. The Morgan fingerprint density at radius 2 is 2.20 bits per heavy atom. The van der Waals surface area contributed by atoms with E-state index >= 15 is 0 Å². The number of hydrogen-bond donors (Lipinski definition) is 1. The number of carbonyl (C=O) groups is 1. The minimum Gasteiger partial charge on any atom is -0.483 e. The molecular formula is C12H15BrN2O5. The molecule has 0 aromatic heterocycles. The molecule has 8 heteroatoms. The molecule has 0 radical (unpaired) electrons. The van der Waals surface area contributed by atoms with Crippen LogP contribution in [0.25, 0.3) is 0 Å². The van der Waals surface area contributed by atoms with Crippen LogP contribution >= 0.6 is 15.9 Å². The van der Waals surface area contributed by atoms with E-state index in [-0.39, 0.29) is 24.7 Å². The Balaban J connectivity index is 2.90. The highest BCUT2D eigenvalue weighted by Gasteiger charge is 2.32. The Morgan fingerprint density at radius 3 is 2.75 bits per heavy atom. The first-order chi connectivity index (χ1) is 9.29. The molecule has 0 saturated heterocycles. The van der Waals surface area contributed by atoms with Crippen LogP contribution in [0.2, 0.25) is 0 Å². The van der Waals surface area contributed by atoms with E-state index in [9.17, 15) is 14.9 Å². The molecule has 20 heavy (non-hydrogen) atoms. The first-order valence-electron chi connectivity index (χ1n) is 5.81. The van der Waals surface area contributed by atoms with Crippen molar-refractivity contribution >= 4 is 27.6 Å². The van der Waals surface area contributed by atoms with Crippen LogP contribution in [0.4, 0.5) is 5.69 Å². The molecule has 0 bridgehead atoms. The topological polar surface area (TPSA) is 105 Å². The molecule has 0 heterocycles. The van der Waals surface area contributed by atoms with Gasteiger partial charge in [-0.05, 0) is 35.8 Å². The van der Waals surface area contributed by atoms with Gasteiger partial charge in [-0.3, -0.25) is 10.1 Å². The van der Waals surface area contributed by atoms with Gasteiger partial charge in [-0.15, -0.1) is 0 Å². The van der Waals surface area contributed by atoms with Crippen LogP contribution in [0.15, 0.2) is 22.7 Å². The second kappa shape index (κ2) is 6.67. The predicted octanol–water partition coefficient (Wildman–Crippen LogP) is 2.02. The van der Waals surface area contributed by atoms with Crippen LogP contribution in [-0.2, 0) is 9.53 Å². The standard InChI is InChI=1S/C12H15BrN2O5/c1-3-19-11(16)12(2,14)7-20-10-8(13)5-4-6-9(10)15(17)18/h4-6H,3,7,14H2,1-2H3. The zero-order chi connectivity index (χ0) is 15.3. The van der Waals surface area contributed by atoms with Gasteiger partial charge < -0.3 is 15.2 Å². The fourth-order valence-corrected chi connectivity index (χ4v) is 1.83. The second-order valence-electron chi connectivity index (χ2n) is 4.27. The van der Waals surface area contributed by atoms with E-state index in [1.54, 1.807) is 13.0 Å². The molecule has 0 fully saturated rings. The molecule has 0 aliphatic rings. The number of ether oxygens (including phenoxy) is 2. The largest absolute Gasteiger partial charge is 0.483 e. The molecule has 1 atom stereocenters. The minimum absolute atomic E-state index is 0.0264. The molecule has 1 unspecified atom stereocenters. The fourth-order valence-electron chi connectivity index (χ4n) is 1.36. The number of rotatable bonds is 6. The van der Waals surface area contributed by atoms with E-state index in [1.807, 2.05) is 0 Å². The lowest BCUT2D eigenvalue weighted by Crippen LogP contribution is -2.51. The van der Waals surface area contributed by atoms with Gasteiger partial charge in [0.15, 0.2) is 0 Å².